The number of carbonyl (C=O) groups is 2. The summed E-state index contributed by atoms with van der Waals surface area (Å²) in [5.74, 6) is -0.507. The van der Waals surface area contributed by atoms with Crippen LogP contribution < -0.4 is 5.73 Å². The normalized spacial score (nSPS) is 15.7. The van der Waals surface area contributed by atoms with Crippen molar-refractivity contribution in [3.05, 3.63) is 11.8 Å². The van der Waals surface area contributed by atoms with E-state index in [1.54, 1.807) is 6.20 Å². The first-order chi connectivity index (χ1) is 6.69. The van der Waals surface area contributed by atoms with Crippen LogP contribution in [0.25, 0.3) is 0 Å². The molecule has 1 rings (SSSR count). The van der Waals surface area contributed by atoms with Crippen molar-refractivity contribution in [3.8, 4) is 0 Å². The molecule has 1 aliphatic heterocycles. The van der Waals surface area contributed by atoms with Crippen LogP contribution in [0.1, 0.15) is 12.8 Å². The van der Waals surface area contributed by atoms with E-state index in [1.165, 1.54) is 12.0 Å². The van der Waals surface area contributed by atoms with E-state index in [9.17, 15) is 9.59 Å². The molecule has 0 fully saturated rings. The zero-order valence-electron chi connectivity index (χ0n) is 8.16. The Bertz CT molecular complexity index is 273. The van der Waals surface area contributed by atoms with Gasteiger partial charge in [-0.05, 0) is 13.0 Å². The second kappa shape index (κ2) is 4.76. The van der Waals surface area contributed by atoms with Gasteiger partial charge in [0, 0.05) is 12.7 Å². The number of amides is 1. The van der Waals surface area contributed by atoms with Gasteiger partial charge in [0.25, 0.3) is 0 Å². The van der Waals surface area contributed by atoms with E-state index in [2.05, 4.69) is 4.74 Å². The van der Waals surface area contributed by atoms with Gasteiger partial charge in [-0.15, -0.1) is 0 Å². The molecule has 0 atom stereocenters. The fourth-order valence-corrected chi connectivity index (χ4v) is 1.28. The molecule has 1 heterocycles. The van der Waals surface area contributed by atoms with Crippen LogP contribution in [0.15, 0.2) is 11.8 Å². The fourth-order valence-electron chi connectivity index (χ4n) is 1.28. The Morgan fingerprint density at radius 1 is 1.71 bits per heavy atom. The fraction of sp³-hybridized carbons (Fsp3) is 0.556. The van der Waals surface area contributed by atoms with Crippen LogP contribution in [0.5, 0.6) is 0 Å². The molecule has 5 heteroatoms. The van der Waals surface area contributed by atoms with Crippen LogP contribution in [-0.2, 0) is 14.3 Å². The molecule has 14 heavy (non-hydrogen) atoms. The molecular formula is C9H14N2O3. The van der Waals surface area contributed by atoms with Crippen molar-refractivity contribution in [2.75, 3.05) is 20.2 Å². The number of rotatable bonds is 4. The van der Waals surface area contributed by atoms with Crippen molar-refractivity contribution < 1.29 is 14.3 Å². The van der Waals surface area contributed by atoms with Crippen LogP contribution in [0.3, 0.4) is 0 Å². The van der Waals surface area contributed by atoms with Crippen LogP contribution in [0.4, 0.5) is 0 Å². The number of methoxy groups -OCH3 is 1. The first kappa shape index (κ1) is 10.7. The van der Waals surface area contributed by atoms with E-state index in [0.29, 0.717) is 18.7 Å². The minimum atomic E-state index is -0.436. The lowest BCUT2D eigenvalue weighted by molar-refractivity contribution is -0.137. The molecule has 0 aromatic rings. The molecule has 5 nitrogen and oxygen atoms in total. The largest absolute Gasteiger partial charge is 0.466 e. The van der Waals surface area contributed by atoms with Gasteiger partial charge in [-0.25, -0.2) is 4.79 Å². The van der Waals surface area contributed by atoms with Crippen molar-refractivity contribution >= 4 is 11.9 Å². The Hall–Kier alpha value is -1.36. The number of esters is 1. The quantitative estimate of drug-likeness (QED) is 0.625. The molecular weight excluding hydrogens is 184 g/mol. The summed E-state index contributed by atoms with van der Waals surface area (Å²) in [7, 11) is 1.30. The zero-order valence-corrected chi connectivity index (χ0v) is 8.16. The second-order valence-electron chi connectivity index (χ2n) is 3.05. The standard InChI is InChI=1S/C9H14N2O3/c1-14-9(13)7-5-8(12)11(6-7)4-2-3-10/h6H,2-5,10H2,1H3. The SMILES string of the molecule is COC(=O)C1=CN(CCCN)C(=O)C1. The lowest BCUT2D eigenvalue weighted by Gasteiger charge is -2.11. The molecule has 0 unspecified atom stereocenters. The molecule has 1 aliphatic rings. The highest BCUT2D eigenvalue weighted by molar-refractivity contribution is 5.98. The predicted molar refractivity (Wildman–Crippen MR) is 50.1 cm³/mol. The van der Waals surface area contributed by atoms with E-state index in [-0.39, 0.29) is 12.3 Å². The summed E-state index contributed by atoms with van der Waals surface area (Å²) in [5.41, 5.74) is 5.73. The molecule has 1 amide bonds. The summed E-state index contributed by atoms with van der Waals surface area (Å²) >= 11 is 0. The Morgan fingerprint density at radius 3 is 3.00 bits per heavy atom. The lowest BCUT2D eigenvalue weighted by atomic mass is 10.2. The van der Waals surface area contributed by atoms with E-state index in [0.717, 1.165) is 6.42 Å². The predicted octanol–water partition coefficient (Wildman–Crippen LogP) is -0.376. The number of nitrogens with zero attached hydrogens (tertiary/aromatic N) is 1. The van der Waals surface area contributed by atoms with Gasteiger partial charge in [-0.2, -0.15) is 0 Å². The van der Waals surface area contributed by atoms with E-state index in [1.807, 2.05) is 0 Å². The van der Waals surface area contributed by atoms with E-state index in [4.69, 9.17) is 5.73 Å². The number of ether oxygens (including phenoxy) is 1. The maximum absolute atomic E-state index is 11.3. The average Bonchev–Trinajstić information content (AvgIpc) is 2.56. The van der Waals surface area contributed by atoms with Gasteiger partial charge >= 0.3 is 5.97 Å². The molecule has 78 valence electrons. The summed E-state index contributed by atoms with van der Waals surface area (Å²) in [6.07, 6.45) is 2.41. The Kier molecular flexibility index (Phi) is 3.64. The third kappa shape index (κ3) is 2.32. The van der Waals surface area contributed by atoms with Gasteiger partial charge in [0.05, 0.1) is 19.1 Å². The highest BCUT2D eigenvalue weighted by atomic mass is 16.5. The van der Waals surface area contributed by atoms with Crippen molar-refractivity contribution in [1.29, 1.82) is 0 Å². The summed E-state index contributed by atoms with van der Waals surface area (Å²) in [5, 5.41) is 0. The van der Waals surface area contributed by atoms with Crippen LogP contribution in [0.2, 0.25) is 0 Å². The maximum Gasteiger partial charge on any atom is 0.335 e. The van der Waals surface area contributed by atoms with Gasteiger partial charge in [0.15, 0.2) is 0 Å². The summed E-state index contributed by atoms with van der Waals surface area (Å²) in [6, 6.07) is 0. The van der Waals surface area contributed by atoms with Crippen LogP contribution in [-0.4, -0.2) is 37.0 Å². The number of hydrogen-bond donors (Lipinski definition) is 1. The smallest absolute Gasteiger partial charge is 0.335 e. The minimum Gasteiger partial charge on any atom is -0.466 e. The van der Waals surface area contributed by atoms with Gasteiger partial charge in [0.2, 0.25) is 5.91 Å². The van der Waals surface area contributed by atoms with Crippen LogP contribution in [0, 0.1) is 0 Å². The highest BCUT2D eigenvalue weighted by Gasteiger charge is 2.25. The third-order valence-electron chi connectivity index (χ3n) is 2.02. The molecule has 0 saturated heterocycles. The van der Waals surface area contributed by atoms with Gasteiger partial charge in [0.1, 0.15) is 0 Å². The summed E-state index contributed by atoms with van der Waals surface area (Å²) in [6.45, 7) is 1.10. The summed E-state index contributed by atoms with van der Waals surface area (Å²) < 4.78 is 4.52. The van der Waals surface area contributed by atoms with E-state index >= 15 is 0 Å². The molecule has 0 aliphatic carbocycles. The van der Waals surface area contributed by atoms with Crippen molar-refractivity contribution in [2.24, 2.45) is 5.73 Å². The molecule has 2 N–H and O–H groups in total. The van der Waals surface area contributed by atoms with Crippen molar-refractivity contribution in [1.82, 2.24) is 4.90 Å². The average molecular weight is 198 g/mol. The topological polar surface area (TPSA) is 72.6 Å². The first-order valence-electron chi connectivity index (χ1n) is 4.47. The zero-order chi connectivity index (χ0) is 10.6. The Labute approximate surface area is 82.5 Å². The maximum atomic E-state index is 11.3. The first-order valence-corrected chi connectivity index (χ1v) is 4.47. The Morgan fingerprint density at radius 2 is 2.43 bits per heavy atom. The second-order valence-corrected chi connectivity index (χ2v) is 3.05. The van der Waals surface area contributed by atoms with Gasteiger partial charge in [-0.3, -0.25) is 4.79 Å². The van der Waals surface area contributed by atoms with Gasteiger partial charge < -0.3 is 15.4 Å². The highest BCUT2D eigenvalue weighted by Crippen LogP contribution is 2.16. The van der Waals surface area contributed by atoms with E-state index < -0.39 is 5.97 Å². The van der Waals surface area contributed by atoms with Crippen LogP contribution >= 0.6 is 0 Å². The Balaban J connectivity index is 2.57. The molecule has 0 radical (unpaired) electrons. The molecule has 0 bridgehead atoms. The van der Waals surface area contributed by atoms with Crippen molar-refractivity contribution in [3.63, 3.8) is 0 Å². The number of carbonyl (C=O) groups excluding carboxylic acids is 2. The minimum absolute atomic E-state index is 0.0705. The lowest BCUT2D eigenvalue weighted by Crippen LogP contribution is -2.23. The van der Waals surface area contributed by atoms with Crippen molar-refractivity contribution in [2.45, 2.75) is 12.8 Å². The number of hydrogen-bond acceptors (Lipinski definition) is 4. The monoisotopic (exact) mass is 198 g/mol. The molecule has 0 spiro atoms. The third-order valence-corrected chi connectivity index (χ3v) is 2.02. The number of nitrogens with two attached hydrogens (primary N) is 1. The molecule has 0 aromatic heterocycles. The molecule has 0 saturated carbocycles. The molecule has 0 aromatic carbocycles. The van der Waals surface area contributed by atoms with Gasteiger partial charge in [-0.1, -0.05) is 0 Å². The summed E-state index contributed by atoms with van der Waals surface area (Å²) in [4.78, 5) is 23.9.